The van der Waals surface area contributed by atoms with E-state index in [2.05, 4.69) is 51.1 Å². The number of ether oxygens (including phenoxy) is 2. The molecule has 0 saturated carbocycles. The van der Waals surface area contributed by atoms with E-state index in [-0.39, 0.29) is 5.82 Å². The van der Waals surface area contributed by atoms with Gasteiger partial charge in [-0.15, -0.1) is 0 Å². The third-order valence-electron chi connectivity index (χ3n) is 4.32. The Bertz CT molecular complexity index is 684. The predicted octanol–water partition coefficient (Wildman–Crippen LogP) is 1.50. The number of hydrogen-bond donors (Lipinski definition) is 1. The molecule has 3 rings (SSSR count). The van der Waals surface area contributed by atoms with Crippen LogP contribution >= 0.6 is 0 Å². The highest BCUT2D eigenvalue weighted by Gasteiger charge is 2.14. The highest BCUT2D eigenvalue weighted by atomic mass is 16.5. The highest BCUT2D eigenvalue weighted by Crippen LogP contribution is 2.25. The lowest BCUT2D eigenvalue weighted by Crippen LogP contribution is -2.44. The minimum absolute atomic E-state index is 0.286. The monoisotopic (exact) mass is 343 g/mol. The largest absolute Gasteiger partial charge is 0.473 e. The summed E-state index contributed by atoms with van der Waals surface area (Å²) in [7, 11) is 3.78. The van der Waals surface area contributed by atoms with Gasteiger partial charge in [-0.05, 0) is 19.2 Å². The first-order valence-corrected chi connectivity index (χ1v) is 8.45. The fourth-order valence-electron chi connectivity index (χ4n) is 2.76. The third kappa shape index (κ3) is 4.37. The van der Waals surface area contributed by atoms with Gasteiger partial charge in [0, 0.05) is 44.5 Å². The fraction of sp³-hybridized carbons (Fsp3) is 0.444. The van der Waals surface area contributed by atoms with Crippen LogP contribution < -0.4 is 15.4 Å². The number of methoxy groups -OCH3 is 1. The first kappa shape index (κ1) is 17.4. The maximum Gasteiger partial charge on any atom is 0.257 e. The van der Waals surface area contributed by atoms with Crippen LogP contribution in [0, 0.1) is 0 Å². The molecule has 2 N–H and O–H groups in total. The van der Waals surface area contributed by atoms with Crippen molar-refractivity contribution in [1.82, 2.24) is 14.9 Å². The van der Waals surface area contributed by atoms with E-state index in [4.69, 9.17) is 15.2 Å². The summed E-state index contributed by atoms with van der Waals surface area (Å²) in [5.41, 5.74) is 8.80. The normalized spacial score (nSPS) is 15.4. The topological polar surface area (TPSA) is 76.7 Å². The van der Waals surface area contributed by atoms with Crippen LogP contribution in [0.1, 0.15) is 0 Å². The molecule has 134 valence electrons. The van der Waals surface area contributed by atoms with Gasteiger partial charge in [0.1, 0.15) is 6.61 Å². The van der Waals surface area contributed by atoms with Crippen LogP contribution in [0.4, 0.5) is 11.5 Å². The van der Waals surface area contributed by atoms with Crippen LogP contribution in [0.5, 0.6) is 5.88 Å². The van der Waals surface area contributed by atoms with Gasteiger partial charge in [-0.3, -0.25) is 0 Å². The van der Waals surface area contributed by atoms with Crippen molar-refractivity contribution in [3.05, 3.63) is 30.5 Å². The van der Waals surface area contributed by atoms with E-state index in [1.807, 2.05) is 0 Å². The molecular formula is C18H25N5O2. The summed E-state index contributed by atoms with van der Waals surface area (Å²) in [4.78, 5) is 13.4. The van der Waals surface area contributed by atoms with Crippen molar-refractivity contribution in [2.45, 2.75) is 0 Å². The maximum atomic E-state index is 5.83. The number of piperazine rings is 1. The molecular weight excluding hydrogens is 318 g/mol. The molecule has 2 aromatic rings. The Hall–Kier alpha value is -2.38. The maximum absolute atomic E-state index is 5.83. The van der Waals surface area contributed by atoms with Gasteiger partial charge in [0.25, 0.3) is 5.88 Å². The molecule has 0 aliphatic carbocycles. The number of nitrogens with zero attached hydrogens (tertiary/aromatic N) is 4. The van der Waals surface area contributed by atoms with E-state index >= 15 is 0 Å². The second-order valence-corrected chi connectivity index (χ2v) is 6.12. The molecule has 1 aliphatic heterocycles. The number of nitrogen functional groups attached to an aromatic ring is 1. The van der Waals surface area contributed by atoms with E-state index in [1.54, 1.807) is 13.3 Å². The Morgan fingerprint density at radius 3 is 2.48 bits per heavy atom. The lowest BCUT2D eigenvalue weighted by Gasteiger charge is -2.34. The van der Waals surface area contributed by atoms with E-state index in [9.17, 15) is 0 Å². The van der Waals surface area contributed by atoms with Crippen LogP contribution in [0.15, 0.2) is 30.5 Å². The van der Waals surface area contributed by atoms with Gasteiger partial charge in [0.2, 0.25) is 0 Å². The van der Waals surface area contributed by atoms with Crippen LogP contribution in [-0.2, 0) is 4.74 Å². The summed E-state index contributed by atoms with van der Waals surface area (Å²) in [6.07, 6.45) is 1.67. The molecule has 1 fully saturated rings. The quantitative estimate of drug-likeness (QED) is 0.797. The fourth-order valence-corrected chi connectivity index (χ4v) is 2.76. The van der Waals surface area contributed by atoms with E-state index in [0.717, 1.165) is 37.4 Å². The number of aromatic nitrogens is 2. The van der Waals surface area contributed by atoms with Crippen molar-refractivity contribution in [2.24, 2.45) is 0 Å². The molecule has 1 aliphatic rings. The number of hydrogen-bond acceptors (Lipinski definition) is 7. The SMILES string of the molecule is COCCOc1nc(-c2ccc(N3CCN(C)CC3)cc2)cnc1N. The average Bonchev–Trinajstić information content (AvgIpc) is 2.64. The number of likely N-dealkylation sites (N-methyl/N-ethyl adjacent to an activating group) is 1. The number of nitrogens with two attached hydrogens (primary N) is 1. The second-order valence-electron chi connectivity index (χ2n) is 6.12. The molecule has 7 nitrogen and oxygen atoms in total. The summed E-state index contributed by atoms with van der Waals surface area (Å²) in [6, 6.07) is 8.38. The molecule has 0 atom stereocenters. The standard InChI is InChI=1S/C18H25N5O2/c1-22-7-9-23(10-8-22)15-5-3-14(4-6-15)16-13-20-17(19)18(21-16)25-12-11-24-2/h3-6,13H,7-12H2,1-2H3,(H2,19,20). The van der Waals surface area contributed by atoms with E-state index < -0.39 is 0 Å². The van der Waals surface area contributed by atoms with Crippen LogP contribution in [0.25, 0.3) is 11.3 Å². The third-order valence-corrected chi connectivity index (χ3v) is 4.32. The molecule has 0 bridgehead atoms. The smallest absolute Gasteiger partial charge is 0.257 e. The molecule has 1 aromatic carbocycles. The van der Waals surface area contributed by atoms with Crippen LogP contribution in [0.2, 0.25) is 0 Å². The summed E-state index contributed by atoms with van der Waals surface area (Å²) in [5.74, 6) is 0.631. The zero-order chi connectivity index (χ0) is 17.6. The molecule has 0 spiro atoms. The second kappa shape index (κ2) is 8.13. The zero-order valence-electron chi connectivity index (χ0n) is 14.8. The van der Waals surface area contributed by atoms with Gasteiger partial charge in [0.15, 0.2) is 5.82 Å². The van der Waals surface area contributed by atoms with Gasteiger partial charge < -0.3 is 25.0 Å². The molecule has 1 saturated heterocycles. The Labute approximate surface area is 148 Å². The van der Waals surface area contributed by atoms with Crippen LogP contribution in [-0.4, -0.2) is 68.4 Å². The Morgan fingerprint density at radius 2 is 1.80 bits per heavy atom. The Kier molecular flexibility index (Phi) is 5.67. The van der Waals surface area contributed by atoms with Gasteiger partial charge >= 0.3 is 0 Å². The minimum atomic E-state index is 0.286. The van der Waals surface area contributed by atoms with Crippen LogP contribution in [0.3, 0.4) is 0 Å². The Balaban J connectivity index is 1.72. The van der Waals surface area contributed by atoms with Crippen molar-refractivity contribution >= 4 is 11.5 Å². The highest BCUT2D eigenvalue weighted by molar-refractivity contribution is 5.64. The summed E-state index contributed by atoms with van der Waals surface area (Å²) < 4.78 is 10.5. The molecule has 0 radical (unpaired) electrons. The van der Waals surface area contributed by atoms with Crippen molar-refractivity contribution in [3.8, 4) is 17.1 Å². The van der Waals surface area contributed by atoms with Gasteiger partial charge in [-0.1, -0.05) is 12.1 Å². The summed E-state index contributed by atoms with van der Waals surface area (Å²) in [5, 5.41) is 0. The number of anilines is 2. The van der Waals surface area contributed by atoms with Crippen molar-refractivity contribution in [3.63, 3.8) is 0 Å². The molecule has 7 heteroatoms. The number of benzene rings is 1. The minimum Gasteiger partial charge on any atom is -0.473 e. The molecule has 0 unspecified atom stereocenters. The Morgan fingerprint density at radius 1 is 1.08 bits per heavy atom. The average molecular weight is 343 g/mol. The lowest BCUT2D eigenvalue weighted by atomic mass is 10.1. The molecule has 2 heterocycles. The summed E-state index contributed by atoms with van der Waals surface area (Å²) >= 11 is 0. The van der Waals surface area contributed by atoms with Gasteiger partial charge in [-0.25, -0.2) is 9.97 Å². The van der Waals surface area contributed by atoms with Gasteiger partial charge in [0.05, 0.1) is 18.5 Å². The van der Waals surface area contributed by atoms with E-state index in [0.29, 0.717) is 19.1 Å². The zero-order valence-corrected chi connectivity index (χ0v) is 14.8. The van der Waals surface area contributed by atoms with E-state index in [1.165, 1.54) is 5.69 Å². The van der Waals surface area contributed by atoms with Crippen molar-refractivity contribution < 1.29 is 9.47 Å². The summed E-state index contributed by atoms with van der Waals surface area (Å²) in [6.45, 7) is 5.15. The molecule has 0 amide bonds. The lowest BCUT2D eigenvalue weighted by molar-refractivity contribution is 0.144. The van der Waals surface area contributed by atoms with Gasteiger partial charge in [-0.2, -0.15) is 0 Å². The molecule has 1 aromatic heterocycles. The predicted molar refractivity (Wildman–Crippen MR) is 99.0 cm³/mol. The first-order valence-electron chi connectivity index (χ1n) is 8.45. The van der Waals surface area contributed by atoms with Crippen molar-refractivity contribution in [1.29, 1.82) is 0 Å². The van der Waals surface area contributed by atoms with Crippen molar-refractivity contribution in [2.75, 3.05) is 64.2 Å². The number of rotatable bonds is 6. The molecule has 25 heavy (non-hydrogen) atoms. The first-order chi connectivity index (χ1) is 12.2.